The molecule has 10 nitrogen and oxygen atoms in total. The van der Waals surface area contributed by atoms with Crippen LogP contribution < -0.4 is 20.7 Å². The third-order valence-corrected chi connectivity index (χ3v) is 5.31. The summed E-state index contributed by atoms with van der Waals surface area (Å²) >= 11 is 0. The van der Waals surface area contributed by atoms with Crippen molar-refractivity contribution < 1.29 is 19.1 Å². The molecule has 0 spiro atoms. The number of anilines is 1. The SMILES string of the molecule is CN1C(=O)[C@@H](NC(=O)c2ncn(Cc3ccccc3)n2)COc2ccc(CCC(N)=O)cc21. The average Bonchev–Trinajstić information content (AvgIpc) is 3.24. The van der Waals surface area contributed by atoms with Gasteiger partial charge in [-0.25, -0.2) is 9.67 Å². The maximum absolute atomic E-state index is 13.0. The van der Waals surface area contributed by atoms with E-state index in [-0.39, 0.29) is 24.8 Å². The molecule has 3 amide bonds. The van der Waals surface area contributed by atoms with Crippen LogP contribution in [0.4, 0.5) is 5.69 Å². The Labute approximate surface area is 190 Å². The van der Waals surface area contributed by atoms with E-state index >= 15 is 0 Å². The number of aryl methyl sites for hydroxylation is 1. The first-order valence-electron chi connectivity index (χ1n) is 10.5. The van der Waals surface area contributed by atoms with Gasteiger partial charge < -0.3 is 20.7 Å². The van der Waals surface area contributed by atoms with Gasteiger partial charge in [-0.05, 0) is 29.7 Å². The van der Waals surface area contributed by atoms with Gasteiger partial charge in [-0.2, -0.15) is 0 Å². The Hall–Kier alpha value is -4.21. The number of carbonyl (C=O) groups excluding carboxylic acids is 3. The number of carbonyl (C=O) groups is 3. The van der Waals surface area contributed by atoms with E-state index in [0.29, 0.717) is 24.4 Å². The first-order chi connectivity index (χ1) is 15.9. The highest BCUT2D eigenvalue weighted by Crippen LogP contribution is 2.32. The van der Waals surface area contributed by atoms with Crippen LogP contribution in [0.25, 0.3) is 0 Å². The number of aromatic nitrogens is 3. The largest absolute Gasteiger partial charge is 0.489 e. The molecule has 1 aliphatic rings. The molecule has 0 fully saturated rings. The fraction of sp³-hybridized carbons (Fsp3) is 0.261. The van der Waals surface area contributed by atoms with E-state index < -0.39 is 17.9 Å². The summed E-state index contributed by atoms with van der Waals surface area (Å²) in [7, 11) is 1.61. The number of hydrogen-bond acceptors (Lipinski definition) is 6. The molecular weight excluding hydrogens is 424 g/mol. The number of primary amides is 1. The van der Waals surface area contributed by atoms with Crippen molar-refractivity contribution in [2.24, 2.45) is 5.73 Å². The van der Waals surface area contributed by atoms with E-state index in [2.05, 4.69) is 15.4 Å². The maximum atomic E-state index is 13.0. The first kappa shape index (κ1) is 22.0. The Morgan fingerprint density at radius 1 is 1.18 bits per heavy atom. The molecule has 0 unspecified atom stereocenters. The molecule has 2 heterocycles. The lowest BCUT2D eigenvalue weighted by Gasteiger charge is -2.20. The number of likely N-dealkylation sites (N-methyl/N-ethyl adjacent to an activating group) is 1. The molecular formula is C23H24N6O4. The molecule has 0 aliphatic carbocycles. The number of nitrogens with one attached hydrogen (secondary N) is 1. The summed E-state index contributed by atoms with van der Waals surface area (Å²) in [5.74, 6) is -0.816. The summed E-state index contributed by atoms with van der Waals surface area (Å²) in [4.78, 5) is 42.3. The van der Waals surface area contributed by atoms with Gasteiger partial charge >= 0.3 is 0 Å². The standard InChI is InChI=1S/C23H24N6O4/c1-28-18-11-15(8-10-20(24)30)7-9-19(18)33-13-17(23(28)32)26-22(31)21-25-14-29(27-21)12-16-5-3-2-4-6-16/h2-7,9,11,14,17H,8,10,12-13H2,1H3,(H2,24,30)(H,26,31)/t17-/m0/s1. The van der Waals surface area contributed by atoms with Crippen LogP contribution in [0.15, 0.2) is 54.9 Å². The molecule has 3 aromatic rings. The highest BCUT2D eigenvalue weighted by molar-refractivity contribution is 6.02. The van der Waals surface area contributed by atoms with Crippen molar-refractivity contribution in [3.63, 3.8) is 0 Å². The Kier molecular flexibility index (Phi) is 6.34. The van der Waals surface area contributed by atoms with E-state index in [1.54, 1.807) is 23.9 Å². The Morgan fingerprint density at radius 2 is 1.97 bits per heavy atom. The minimum absolute atomic E-state index is 0.0307. The van der Waals surface area contributed by atoms with Gasteiger partial charge in [0.25, 0.3) is 11.8 Å². The number of ether oxygens (including phenoxy) is 1. The van der Waals surface area contributed by atoms with Gasteiger partial charge in [0.2, 0.25) is 11.7 Å². The summed E-state index contributed by atoms with van der Waals surface area (Å²) < 4.78 is 7.35. The highest BCUT2D eigenvalue weighted by Gasteiger charge is 2.31. The third-order valence-electron chi connectivity index (χ3n) is 5.31. The van der Waals surface area contributed by atoms with Crippen LogP contribution in [-0.4, -0.2) is 52.2 Å². The molecule has 0 saturated carbocycles. The second-order valence-corrected chi connectivity index (χ2v) is 7.75. The smallest absolute Gasteiger partial charge is 0.291 e. The van der Waals surface area contributed by atoms with Crippen molar-refractivity contribution in [2.75, 3.05) is 18.6 Å². The minimum atomic E-state index is -0.912. The fourth-order valence-electron chi connectivity index (χ4n) is 3.54. The van der Waals surface area contributed by atoms with Crippen molar-refractivity contribution >= 4 is 23.4 Å². The summed E-state index contributed by atoms with van der Waals surface area (Å²) in [6.45, 7) is 0.440. The van der Waals surface area contributed by atoms with Crippen LogP contribution >= 0.6 is 0 Å². The maximum Gasteiger partial charge on any atom is 0.291 e. The van der Waals surface area contributed by atoms with Gasteiger partial charge in [0, 0.05) is 13.5 Å². The number of nitrogens with two attached hydrogens (primary N) is 1. The first-order valence-corrected chi connectivity index (χ1v) is 10.5. The van der Waals surface area contributed by atoms with Crippen LogP contribution in [0.1, 0.15) is 28.2 Å². The predicted octanol–water partition coefficient (Wildman–Crippen LogP) is 0.898. The number of rotatable bonds is 7. The van der Waals surface area contributed by atoms with E-state index in [4.69, 9.17) is 10.5 Å². The lowest BCUT2D eigenvalue weighted by atomic mass is 10.1. The Morgan fingerprint density at radius 3 is 2.73 bits per heavy atom. The number of hydrogen-bond donors (Lipinski definition) is 2. The molecule has 1 aliphatic heterocycles. The molecule has 1 aromatic heterocycles. The Bertz CT molecular complexity index is 1180. The molecule has 4 rings (SSSR count). The summed E-state index contributed by atoms with van der Waals surface area (Å²) in [5, 5.41) is 6.88. The molecule has 1 atom stereocenters. The molecule has 0 radical (unpaired) electrons. The molecule has 33 heavy (non-hydrogen) atoms. The highest BCUT2D eigenvalue weighted by atomic mass is 16.5. The molecule has 10 heteroatoms. The molecule has 0 bridgehead atoms. The van der Waals surface area contributed by atoms with Crippen molar-refractivity contribution in [1.29, 1.82) is 0 Å². The van der Waals surface area contributed by atoms with E-state index in [1.165, 1.54) is 11.2 Å². The Balaban J connectivity index is 1.43. The number of amides is 3. The molecule has 0 saturated heterocycles. The zero-order valence-corrected chi connectivity index (χ0v) is 18.1. The predicted molar refractivity (Wildman–Crippen MR) is 120 cm³/mol. The third kappa shape index (κ3) is 5.17. The van der Waals surface area contributed by atoms with Crippen molar-refractivity contribution in [3.8, 4) is 5.75 Å². The van der Waals surface area contributed by atoms with Crippen molar-refractivity contribution in [2.45, 2.75) is 25.4 Å². The second-order valence-electron chi connectivity index (χ2n) is 7.75. The van der Waals surface area contributed by atoms with Crippen molar-refractivity contribution in [3.05, 3.63) is 71.8 Å². The number of benzene rings is 2. The number of fused-ring (bicyclic) bond motifs is 1. The second kappa shape index (κ2) is 9.51. The minimum Gasteiger partial charge on any atom is -0.489 e. The van der Waals surface area contributed by atoms with Crippen molar-refractivity contribution in [1.82, 2.24) is 20.1 Å². The van der Waals surface area contributed by atoms with E-state index in [0.717, 1.165) is 11.1 Å². The lowest BCUT2D eigenvalue weighted by Crippen LogP contribution is -2.49. The summed E-state index contributed by atoms with van der Waals surface area (Å²) in [6, 6.07) is 14.1. The van der Waals surface area contributed by atoms with Crippen LogP contribution in [0.2, 0.25) is 0 Å². The lowest BCUT2D eigenvalue weighted by molar-refractivity contribution is -0.120. The van der Waals surface area contributed by atoms with Gasteiger partial charge in [0.05, 0.1) is 12.2 Å². The topological polar surface area (TPSA) is 132 Å². The van der Waals surface area contributed by atoms with Gasteiger partial charge in [-0.15, -0.1) is 5.10 Å². The average molecular weight is 448 g/mol. The van der Waals surface area contributed by atoms with Crippen LogP contribution in [0.3, 0.4) is 0 Å². The van der Waals surface area contributed by atoms with Gasteiger partial charge in [-0.1, -0.05) is 36.4 Å². The monoisotopic (exact) mass is 448 g/mol. The van der Waals surface area contributed by atoms with Gasteiger partial charge in [0.1, 0.15) is 24.7 Å². The van der Waals surface area contributed by atoms with Crippen LogP contribution in [-0.2, 0) is 22.6 Å². The van der Waals surface area contributed by atoms with Crippen LogP contribution in [0.5, 0.6) is 5.75 Å². The van der Waals surface area contributed by atoms with Crippen LogP contribution in [0, 0.1) is 0 Å². The molecule has 3 N–H and O–H groups in total. The zero-order chi connectivity index (χ0) is 23.4. The number of nitrogens with zero attached hydrogens (tertiary/aromatic N) is 4. The summed E-state index contributed by atoms with van der Waals surface area (Å²) in [6.07, 6.45) is 2.14. The molecule has 170 valence electrons. The van der Waals surface area contributed by atoms with Gasteiger partial charge in [-0.3, -0.25) is 14.4 Å². The zero-order valence-electron chi connectivity index (χ0n) is 18.1. The van der Waals surface area contributed by atoms with E-state index in [9.17, 15) is 14.4 Å². The summed E-state index contributed by atoms with van der Waals surface area (Å²) in [5.41, 5.74) is 7.66. The van der Waals surface area contributed by atoms with Gasteiger partial charge in [0.15, 0.2) is 0 Å². The molecule has 2 aromatic carbocycles. The van der Waals surface area contributed by atoms with E-state index in [1.807, 2.05) is 36.4 Å². The fourth-order valence-corrected chi connectivity index (χ4v) is 3.54. The quantitative estimate of drug-likeness (QED) is 0.552. The normalized spacial score (nSPS) is 15.4.